The minimum absolute atomic E-state index is 0.102. The normalized spacial score (nSPS) is 12.1. The van der Waals surface area contributed by atoms with Gasteiger partial charge in [0.05, 0.1) is 6.61 Å². The van der Waals surface area contributed by atoms with E-state index >= 15 is 0 Å². The number of carbonyl (C=O) groups is 1. The Morgan fingerprint density at radius 3 is 2.71 bits per heavy atom. The zero-order chi connectivity index (χ0) is 12.5. The maximum Gasteiger partial charge on any atom is 0.158 e. The Morgan fingerprint density at radius 2 is 2.12 bits per heavy atom. The standard InChI is InChI=1S/C15H20O2/c1-3-4-6-11-15(13(2)16)17-12-14-9-7-5-8-10-14/h3,5,7-10,15H,1,4,6,11-12H2,2H3/t15-/m1/s1. The lowest BCUT2D eigenvalue weighted by atomic mass is 10.1. The van der Waals surface area contributed by atoms with Gasteiger partial charge in [-0.05, 0) is 31.7 Å². The first kappa shape index (κ1) is 13.7. The number of Topliss-reactive ketones (excluding diaryl/α,β-unsaturated/α-hetero) is 1. The zero-order valence-corrected chi connectivity index (χ0v) is 10.4. The van der Waals surface area contributed by atoms with Gasteiger partial charge in [-0.3, -0.25) is 4.79 Å². The number of rotatable bonds is 8. The highest BCUT2D eigenvalue weighted by atomic mass is 16.5. The lowest BCUT2D eigenvalue weighted by molar-refractivity contribution is -0.129. The minimum Gasteiger partial charge on any atom is -0.366 e. The third-order valence-electron chi connectivity index (χ3n) is 2.62. The van der Waals surface area contributed by atoms with Crippen molar-refractivity contribution in [3.63, 3.8) is 0 Å². The average molecular weight is 232 g/mol. The third-order valence-corrected chi connectivity index (χ3v) is 2.62. The second-order valence-corrected chi connectivity index (χ2v) is 4.12. The van der Waals surface area contributed by atoms with Crippen LogP contribution in [-0.2, 0) is 16.1 Å². The van der Waals surface area contributed by atoms with Crippen molar-refractivity contribution < 1.29 is 9.53 Å². The van der Waals surface area contributed by atoms with Gasteiger partial charge in [0.1, 0.15) is 6.10 Å². The van der Waals surface area contributed by atoms with Gasteiger partial charge in [-0.15, -0.1) is 6.58 Å². The van der Waals surface area contributed by atoms with Gasteiger partial charge in [0.2, 0.25) is 0 Å². The van der Waals surface area contributed by atoms with Crippen LogP contribution in [0.2, 0.25) is 0 Å². The van der Waals surface area contributed by atoms with Crippen LogP contribution in [0.1, 0.15) is 31.7 Å². The van der Waals surface area contributed by atoms with Crippen molar-refractivity contribution in [2.24, 2.45) is 0 Å². The quantitative estimate of drug-likeness (QED) is 0.506. The SMILES string of the molecule is C=CCCC[C@@H](OCc1ccccc1)C(C)=O. The molecule has 0 saturated carbocycles. The van der Waals surface area contributed by atoms with Gasteiger partial charge < -0.3 is 4.74 Å². The van der Waals surface area contributed by atoms with Crippen LogP contribution in [0.15, 0.2) is 43.0 Å². The minimum atomic E-state index is -0.282. The smallest absolute Gasteiger partial charge is 0.158 e. The van der Waals surface area contributed by atoms with E-state index in [9.17, 15) is 4.79 Å². The van der Waals surface area contributed by atoms with E-state index in [1.807, 2.05) is 36.4 Å². The highest BCUT2D eigenvalue weighted by molar-refractivity contribution is 5.80. The predicted octanol–water partition coefficient (Wildman–Crippen LogP) is 3.52. The fourth-order valence-electron chi connectivity index (χ4n) is 1.62. The van der Waals surface area contributed by atoms with E-state index in [4.69, 9.17) is 4.74 Å². The fraction of sp³-hybridized carbons (Fsp3) is 0.400. The maximum absolute atomic E-state index is 11.4. The molecule has 0 aliphatic heterocycles. The Balaban J connectivity index is 2.39. The molecule has 17 heavy (non-hydrogen) atoms. The molecule has 0 aliphatic carbocycles. The Morgan fingerprint density at radius 1 is 1.41 bits per heavy atom. The van der Waals surface area contributed by atoms with Gasteiger partial charge in [0.15, 0.2) is 5.78 Å². The highest BCUT2D eigenvalue weighted by Gasteiger charge is 2.13. The van der Waals surface area contributed by atoms with Crippen LogP contribution in [0.25, 0.3) is 0 Å². The Bertz CT molecular complexity index is 343. The number of unbranched alkanes of at least 4 members (excludes halogenated alkanes) is 1. The number of benzene rings is 1. The van der Waals surface area contributed by atoms with E-state index in [0.717, 1.165) is 24.8 Å². The van der Waals surface area contributed by atoms with E-state index < -0.39 is 0 Å². The molecule has 0 amide bonds. The van der Waals surface area contributed by atoms with Gasteiger partial charge in [0.25, 0.3) is 0 Å². The molecule has 1 atom stereocenters. The second-order valence-electron chi connectivity index (χ2n) is 4.12. The molecule has 1 aromatic rings. The Hall–Kier alpha value is -1.41. The van der Waals surface area contributed by atoms with Crippen molar-refractivity contribution in [1.82, 2.24) is 0 Å². The molecule has 2 heteroatoms. The molecule has 2 nitrogen and oxygen atoms in total. The van der Waals surface area contributed by atoms with Crippen molar-refractivity contribution in [2.75, 3.05) is 0 Å². The number of carbonyl (C=O) groups excluding carboxylic acids is 1. The van der Waals surface area contributed by atoms with Gasteiger partial charge in [-0.2, -0.15) is 0 Å². The van der Waals surface area contributed by atoms with Gasteiger partial charge in [-0.1, -0.05) is 36.4 Å². The molecule has 1 aromatic carbocycles. The fourth-order valence-corrected chi connectivity index (χ4v) is 1.62. The summed E-state index contributed by atoms with van der Waals surface area (Å²) in [6, 6.07) is 9.91. The van der Waals surface area contributed by atoms with Crippen molar-refractivity contribution >= 4 is 5.78 Å². The van der Waals surface area contributed by atoms with E-state index in [-0.39, 0.29) is 11.9 Å². The van der Waals surface area contributed by atoms with Crippen LogP contribution in [0.5, 0.6) is 0 Å². The van der Waals surface area contributed by atoms with Crippen molar-refractivity contribution in [1.29, 1.82) is 0 Å². The molecule has 0 saturated heterocycles. The number of hydrogen-bond donors (Lipinski definition) is 0. The summed E-state index contributed by atoms with van der Waals surface area (Å²) in [4.78, 5) is 11.4. The molecule has 0 radical (unpaired) electrons. The third kappa shape index (κ3) is 5.45. The first-order chi connectivity index (χ1) is 8.24. The summed E-state index contributed by atoms with van der Waals surface area (Å²) < 4.78 is 5.65. The molecule has 0 aromatic heterocycles. The van der Waals surface area contributed by atoms with E-state index in [0.29, 0.717) is 6.61 Å². The molecule has 0 fully saturated rings. The predicted molar refractivity (Wildman–Crippen MR) is 69.7 cm³/mol. The summed E-state index contributed by atoms with van der Waals surface area (Å²) in [6.45, 7) is 5.76. The van der Waals surface area contributed by atoms with E-state index in [1.165, 1.54) is 0 Å². The lowest BCUT2D eigenvalue weighted by Gasteiger charge is -2.14. The highest BCUT2D eigenvalue weighted by Crippen LogP contribution is 2.10. The van der Waals surface area contributed by atoms with Crippen LogP contribution in [0.3, 0.4) is 0 Å². The zero-order valence-electron chi connectivity index (χ0n) is 10.4. The monoisotopic (exact) mass is 232 g/mol. The number of ketones is 1. The molecule has 0 N–H and O–H groups in total. The molecule has 0 spiro atoms. The number of hydrogen-bond acceptors (Lipinski definition) is 2. The first-order valence-electron chi connectivity index (χ1n) is 6.01. The van der Waals surface area contributed by atoms with Crippen molar-refractivity contribution in [2.45, 2.75) is 38.9 Å². The van der Waals surface area contributed by atoms with Gasteiger partial charge in [0, 0.05) is 0 Å². The van der Waals surface area contributed by atoms with Gasteiger partial charge >= 0.3 is 0 Å². The maximum atomic E-state index is 11.4. The van der Waals surface area contributed by atoms with Crippen LogP contribution < -0.4 is 0 Å². The van der Waals surface area contributed by atoms with Gasteiger partial charge in [-0.25, -0.2) is 0 Å². The molecule has 0 heterocycles. The summed E-state index contributed by atoms with van der Waals surface area (Å²) in [7, 11) is 0. The summed E-state index contributed by atoms with van der Waals surface area (Å²) in [5.41, 5.74) is 1.10. The van der Waals surface area contributed by atoms with Crippen molar-refractivity contribution in [3.8, 4) is 0 Å². The molecule has 0 bridgehead atoms. The van der Waals surface area contributed by atoms with Crippen LogP contribution >= 0.6 is 0 Å². The van der Waals surface area contributed by atoms with E-state index in [2.05, 4.69) is 6.58 Å². The summed E-state index contributed by atoms with van der Waals surface area (Å²) >= 11 is 0. The average Bonchev–Trinajstić information content (AvgIpc) is 2.34. The summed E-state index contributed by atoms with van der Waals surface area (Å²) in [6.07, 6.45) is 4.24. The number of allylic oxidation sites excluding steroid dienone is 1. The number of ether oxygens (including phenoxy) is 1. The Kier molecular flexibility index (Phi) is 6.26. The van der Waals surface area contributed by atoms with Crippen LogP contribution in [0.4, 0.5) is 0 Å². The topological polar surface area (TPSA) is 26.3 Å². The summed E-state index contributed by atoms with van der Waals surface area (Å²) in [5, 5.41) is 0. The van der Waals surface area contributed by atoms with E-state index in [1.54, 1.807) is 6.92 Å². The summed E-state index contributed by atoms with van der Waals surface area (Å²) in [5.74, 6) is 0.102. The second kappa shape index (κ2) is 7.80. The largest absolute Gasteiger partial charge is 0.366 e. The van der Waals surface area contributed by atoms with Crippen LogP contribution in [0, 0.1) is 0 Å². The molecule has 0 unspecified atom stereocenters. The molecular weight excluding hydrogens is 212 g/mol. The molecule has 1 rings (SSSR count). The molecule has 0 aliphatic rings. The van der Waals surface area contributed by atoms with Crippen molar-refractivity contribution in [3.05, 3.63) is 48.6 Å². The Labute approximate surface area is 103 Å². The van der Waals surface area contributed by atoms with Crippen LogP contribution in [-0.4, -0.2) is 11.9 Å². The lowest BCUT2D eigenvalue weighted by Crippen LogP contribution is -2.21. The molecule has 92 valence electrons. The first-order valence-corrected chi connectivity index (χ1v) is 6.01. The molecular formula is C15H20O2.